The Labute approximate surface area is 110 Å². The van der Waals surface area contributed by atoms with Crippen LogP contribution in [0.5, 0.6) is 0 Å². The summed E-state index contributed by atoms with van der Waals surface area (Å²) in [6.45, 7) is 0. The molecule has 20 heavy (non-hydrogen) atoms. The monoisotopic (exact) mass is 283 g/mol. The van der Waals surface area contributed by atoms with Crippen molar-refractivity contribution >= 4 is 0 Å². The van der Waals surface area contributed by atoms with Gasteiger partial charge in [0.15, 0.2) is 11.6 Å². The Bertz CT molecular complexity index is 698. The molecule has 0 heterocycles. The van der Waals surface area contributed by atoms with Gasteiger partial charge in [-0.1, -0.05) is 12.1 Å². The average Bonchev–Trinajstić information content (AvgIpc) is 2.40. The largest absolute Gasteiger partial charge is 0.416 e. The van der Waals surface area contributed by atoms with Crippen LogP contribution in [0.25, 0.3) is 11.1 Å². The molecule has 0 bridgehead atoms. The molecule has 2 aromatic carbocycles. The van der Waals surface area contributed by atoms with E-state index in [2.05, 4.69) is 0 Å². The number of benzene rings is 2. The van der Waals surface area contributed by atoms with E-state index in [1.54, 1.807) is 6.07 Å². The molecule has 0 aliphatic heterocycles. The van der Waals surface area contributed by atoms with Crippen molar-refractivity contribution in [3.8, 4) is 17.2 Å². The highest BCUT2D eigenvalue weighted by atomic mass is 19.4. The van der Waals surface area contributed by atoms with Gasteiger partial charge in [-0.05, 0) is 24.3 Å². The smallest absolute Gasteiger partial charge is 0.204 e. The highest BCUT2D eigenvalue weighted by molar-refractivity contribution is 5.72. The van der Waals surface area contributed by atoms with Crippen LogP contribution in [-0.2, 0) is 6.18 Å². The second-order valence-corrected chi connectivity index (χ2v) is 3.97. The Morgan fingerprint density at radius 1 is 0.950 bits per heavy atom. The van der Waals surface area contributed by atoms with Crippen molar-refractivity contribution < 1.29 is 22.0 Å². The van der Waals surface area contributed by atoms with Gasteiger partial charge in [-0.3, -0.25) is 0 Å². The standard InChI is InChI=1S/C14H6F5N/c15-12-3-1-2-10(13(12)16)11-6-9(14(17,18)19)5-4-8(11)7-20/h1-6H. The lowest BCUT2D eigenvalue weighted by Crippen LogP contribution is -2.05. The number of alkyl halides is 3. The molecule has 2 rings (SSSR count). The van der Waals surface area contributed by atoms with Crippen molar-refractivity contribution in [3.63, 3.8) is 0 Å². The van der Waals surface area contributed by atoms with Gasteiger partial charge in [-0.15, -0.1) is 0 Å². The third kappa shape index (κ3) is 2.48. The summed E-state index contributed by atoms with van der Waals surface area (Å²) in [5, 5.41) is 8.89. The zero-order valence-corrected chi connectivity index (χ0v) is 9.80. The zero-order chi connectivity index (χ0) is 14.9. The van der Waals surface area contributed by atoms with Gasteiger partial charge in [0.05, 0.1) is 17.2 Å². The van der Waals surface area contributed by atoms with E-state index in [1.807, 2.05) is 0 Å². The molecule has 0 saturated carbocycles. The van der Waals surface area contributed by atoms with Crippen molar-refractivity contribution in [1.29, 1.82) is 5.26 Å². The van der Waals surface area contributed by atoms with Gasteiger partial charge in [-0.2, -0.15) is 18.4 Å². The second kappa shape index (κ2) is 4.93. The van der Waals surface area contributed by atoms with E-state index >= 15 is 0 Å². The van der Waals surface area contributed by atoms with E-state index < -0.39 is 23.4 Å². The summed E-state index contributed by atoms with van der Waals surface area (Å²) < 4.78 is 64.8. The first kappa shape index (κ1) is 14.0. The number of rotatable bonds is 1. The third-order valence-corrected chi connectivity index (χ3v) is 2.71. The lowest BCUT2D eigenvalue weighted by molar-refractivity contribution is -0.137. The van der Waals surface area contributed by atoms with Crippen molar-refractivity contribution in [2.45, 2.75) is 6.18 Å². The Morgan fingerprint density at radius 3 is 2.25 bits per heavy atom. The van der Waals surface area contributed by atoms with Crippen LogP contribution in [0.15, 0.2) is 36.4 Å². The molecule has 0 aliphatic carbocycles. The molecule has 0 aromatic heterocycles. The molecular formula is C14H6F5N. The summed E-state index contributed by atoms with van der Waals surface area (Å²) in [4.78, 5) is 0. The van der Waals surface area contributed by atoms with Crippen molar-refractivity contribution in [2.75, 3.05) is 0 Å². The van der Waals surface area contributed by atoms with Crippen molar-refractivity contribution in [3.05, 3.63) is 59.2 Å². The Hall–Kier alpha value is -2.42. The zero-order valence-electron chi connectivity index (χ0n) is 9.80. The van der Waals surface area contributed by atoms with Crippen LogP contribution in [-0.4, -0.2) is 0 Å². The Balaban J connectivity index is 2.72. The van der Waals surface area contributed by atoms with Gasteiger partial charge in [0.1, 0.15) is 0 Å². The fraction of sp³-hybridized carbons (Fsp3) is 0.0714. The summed E-state index contributed by atoms with van der Waals surface area (Å²) in [6.07, 6.45) is -4.63. The maximum atomic E-state index is 13.7. The molecule has 0 N–H and O–H groups in total. The van der Waals surface area contributed by atoms with Crippen LogP contribution >= 0.6 is 0 Å². The number of hydrogen-bond acceptors (Lipinski definition) is 1. The van der Waals surface area contributed by atoms with E-state index in [4.69, 9.17) is 5.26 Å². The fourth-order valence-corrected chi connectivity index (χ4v) is 1.75. The van der Waals surface area contributed by atoms with Crippen molar-refractivity contribution in [1.82, 2.24) is 0 Å². The highest BCUT2D eigenvalue weighted by Crippen LogP contribution is 2.35. The van der Waals surface area contributed by atoms with Crippen LogP contribution in [0.1, 0.15) is 11.1 Å². The fourth-order valence-electron chi connectivity index (χ4n) is 1.75. The SMILES string of the molecule is N#Cc1ccc(C(F)(F)F)cc1-c1cccc(F)c1F. The number of nitrogens with zero attached hydrogens (tertiary/aromatic N) is 1. The van der Waals surface area contributed by atoms with Gasteiger partial charge < -0.3 is 0 Å². The quantitative estimate of drug-likeness (QED) is 0.706. The summed E-state index contributed by atoms with van der Waals surface area (Å²) in [5.74, 6) is -2.48. The molecule has 102 valence electrons. The van der Waals surface area contributed by atoms with E-state index in [9.17, 15) is 22.0 Å². The van der Waals surface area contributed by atoms with Crippen LogP contribution < -0.4 is 0 Å². The summed E-state index contributed by atoms with van der Waals surface area (Å²) in [6, 6.07) is 7.08. The van der Waals surface area contributed by atoms with Gasteiger partial charge in [0.25, 0.3) is 0 Å². The topological polar surface area (TPSA) is 23.8 Å². The number of nitriles is 1. The molecule has 0 radical (unpaired) electrons. The maximum Gasteiger partial charge on any atom is 0.416 e. The molecule has 1 nitrogen and oxygen atoms in total. The van der Waals surface area contributed by atoms with Crippen LogP contribution in [0.3, 0.4) is 0 Å². The van der Waals surface area contributed by atoms with E-state index in [0.29, 0.717) is 6.07 Å². The van der Waals surface area contributed by atoms with E-state index in [-0.39, 0.29) is 16.7 Å². The molecule has 0 saturated heterocycles. The first-order valence-corrected chi connectivity index (χ1v) is 5.40. The number of halogens is 5. The Kier molecular flexibility index (Phi) is 3.45. The normalized spacial score (nSPS) is 11.2. The minimum atomic E-state index is -4.63. The van der Waals surface area contributed by atoms with Gasteiger partial charge >= 0.3 is 6.18 Å². The lowest BCUT2D eigenvalue weighted by Gasteiger charge is -2.11. The molecular weight excluding hydrogens is 277 g/mol. The van der Waals surface area contributed by atoms with Crippen LogP contribution in [0, 0.1) is 23.0 Å². The highest BCUT2D eigenvalue weighted by Gasteiger charge is 2.31. The summed E-state index contributed by atoms with van der Waals surface area (Å²) in [7, 11) is 0. The molecule has 0 aliphatic rings. The molecule has 0 unspecified atom stereocenters. The van der Waals surface area contributed by atoms with Gasteiger partial charge in [-0.25, -0.2) is 8.78 Å². The molecule has 0 amide bonds. The summed E-state index contributed by atoms with van der Waals surface area (Å²) in [5.41, 5.74) is -1.87. The van der Waals surface area contributed by atoms with E-state index in [0.717, 1.165) is 30.3 Å². The molecule has 6 heteroatoms. The Morgan fingerprint density at radius 2 is 1.65 bits per heavy atom. The van der Waals surface area contributed by atoms with Gasteiger partial charge in [0, 0.05) is 11.1 Å². The second-order valence-electron chi connectivity index (χ2n) is 3.97. The average molecular weight is 283 g/mol. The van der Waals surface area contributed by atoms with Crippen LogP contribution in [0.4, 0.5) is 22.0 Å². The van der Waals surface area contributed by atoms with Gasteiger partial charge in [0.2, 0.25) is 0 Å². The molecule has 2 aromatic rings. The lowest BCUT2D eigenvalue weighted by atomic mass is 9.97. The molecule has 0 atom stereocenters. The maximum absolute atomic E-state index is 13.7. The first-order chi connectivity index (χ1) is 9.34. The molecule has 0 fully saturated rings. The predicted molar refractivity (Wildman–Crippen MR) is 61.5 cm³/mol. The molecule has 0 spiro atoms. The third-order valence-electron chi connectivity index (χ3n) is 2.71. The van der Waals surface area contributed by atoms with Crippen LogP contribution in [0.2, 0.25) is 0 Å². The first-order valence-electron chi connectivity index (χ1n) is 5.40. The predicted octanol–water partition coefficient (Wildman–Crippen LogP) is 4.52. The van der Waals surface area contributed by atoms with Crippen molar-refractivity contribution in [2.24, 2.45) is 0 Å². The summed E-state index contributed by atoms with van der Waals surface area (Å²) >= 11 is 0. The minimum Gasteiger partial charge on any atom is -0.204 e. The number of hydrogen-bond donors (Lipinski definition) is 0. The minimum absolute atomic E-state index is 0.164. The van der Waals surface area contributed by atoms with E-state index in [1.165, 1.54) is 0 Å².